The highest BCUT2D eigenvalue weighted by atomic mass is 32.2. The Morgan fingerprint density at radius 2 is 2.00 bits per heavy atom. The van der Waals surface area contributed by atoms with Crippen molar-refractivity contribution in [3.63, 3.8) is 0 Å². The van der Waals surface area contributed by atoms with Gasteiger partial charge in [-0.2, -0.15) is 11.8 Å². The average molecular weight is 189 g/mol. The summed E-state index contributed by atoms with van der Waals surface area (Å²) in [6.07, 6.45) is 5.37. The largest absolute Gasteiger partial charge is 0.316 e. The first kappa shape index (κ1) is 12.3. The fraction of sp³-hybridized carbons (Fsp3) is 1.00. The summed E-state index contributed by atoms with van der Waals surface area (Å²) in [6.45, 7) is 4.50. The topological polar surface area (TPSA) is 12.0 Å². The Bertz CT molecular complexity index is 81.9. The predicted molar refractivity (Wildman–Crippen MR) is 60.0 cm³/mol. The van der Waals surface area contributed by atoms with Crippen LogP contribution in [0.15, 0.2) is 0 Å². The molecule has 0 spiro atoms. The van der Waals surface area contributed by atoms with Gasteiger partial charge in [0, 0.05) is 11.8 Å². The SMILES string of the molecule is CCCCCSCC(CC)NC. The number of thioether (sulfide) groups is 1. The fourth-order valence-electron chi connectivity index (χ4n) is 1.09. The molecule has 0 saturated heterocycles. The average Bonchev–Trinajstić information content (AvgIpc) is 2.11. The minimum atomic E-state index is 0.719. The molecule has 0 bridgehead atoms. The molecule has 0 aliphatic carbocycles. The van der Waals surface area contributed by atoms with Gasteiger partial charge in [-0.25, -0.2) is 0 Å². The lowest BCUT2D eigenvalue weighted by Gasteiger charge is -2.12. The van der Waals surface area contributed by atoms with E-state index in [-0.39, 0.29) is 0 Å². The molecule has 0 aliphatic heterocycles. The van der Waals surface area contributed by atoms with E-state index in [9.17, 15) is 0 Å². The molecule has 0 heterocycles. The van der Waals surface area contributed by atoms with Gasteiger partial charge < -0.3 is 5.32 Å². The van der Waals surface area contributed by atoms with Crippen molar-refractivity contribution >= 4 is 11.8 Å². The van der Waals surface area contributed by atoms with Crippen LogP contribution < -0.4 is 5.32 Å². The lowest BCUT2D eigenvalue weighted by Crippen LogP contribution is -2.26. The summed E-state index contributed by atoms with van der Waals surface area (Å²) in [5.74, 6) is 2.61. The van der Waals surface area contributed by atoms with E-state index in [1.807, 2.05) is 0 Å². The third-order valence-corrected chi connectivity index (χ3v) is 3.33. The third kappa shape index (κ3) is 6.99. The van der Waals surface area contributed by atoms with Crippen LogP contribution in [0.2, 0.25) is 0 Å². The Morgan fingerprint density at radius 3 is 2.50 bits per heavy atom. The van der Waals surface area contributed by atoms with Crippen molar-refractivity contribution in [1.29, 1.82) is 0 Å². The monoisotopic (exact) mass is 189 g/mol. The van der Waals surface area contributed by atoms with E-state index < -0.39 is 0 Å². The Balaban J connectivity index is 3.06. The van der Waals surface area contributed by atoms with E-state index in [4.69, 9.17) is 0 Å². The van der Waals surface area contributed by atoms with Crippen LogP contribution in [0.3, 0.4) is 0 Å². The molecule has 2 heteroatoms. The molecular weight excluding hydrogens is 166 g/mol. The number of unbranched alkanes of at least 4 members (excludes halogenated alkanes) is 2. The van der Waals surface area contributed by atoms with Crippen LogP contribution in [0.5, 0.6) is 0 Å². The summed E-state index contributed by atoms with van der Waals surface area (Å²) in [5, 5.41) is 3.32. The van der Waals surface area contributed by atoms with Crippen molar-refractivity contribution in [1.82, 2.24) is 5.32 Å². The van der Waals surface area contributed by atoms with Crippen LogP contribution in [-0.4, -0.2) is 24.6 Å². The highest BCUT2D eigenvalue weighted by molar-refractivity contribution is 7.99. The van der Waals surface area contributed by atoms with Crippen molar-refractivity contribution in [3.05, 3.63) is 0 Å². The molecule has 1 unspecified atom stereocenters. The van der Waals surface area contributed by atoms with Crippen LogP contribution in [0.25, 0.3) is 0 Å². The molecule has 1 atom stereocenters. The summed E-state index contributed by atoms with van der Waals surface area (Å²) in [4.78, 5) is 0. The number of nitrogens with one attached hydrogen (secondary N) is 1. The normalized spacial score (nSPS) is 13.2. The smallest absolute Gasteiger partial charge is 0.0152 e. The zero-order valence-electron chi connectivity index (χ0n) is 8.73. The molecule has 0 saturated carbocycles. The molecule has 0 rings (SSSR count). The molecule has 12 heavy (non-hydrogen) atoms. The van der Waals surface area contributed by atoms with Crippen LogP contribution >= 0.6 is 11.8 Å². The summed E-state index contributed by atoms with van der Waals surface area (Å²) < 4.78 is 0. The van der Waals surface area contributed by atoms with E-state index in [0.717, 1.165) is 6.04 Å². The highest BCUT2D eigenvalue weighted by Gasteiger charge is 2.01. The summed E-state index contributed by atoms with van der Waals surface area (Å²) in [5.41, 5.74) is 0. The molecule has 0 fully saturated rings. The van der Waals surface area contributed by atoms with Crippen LogP contribution in [0.1, 0.15) is 39.5 Å². The van der Waals surface area contributed by atoms with Crippen molar-refractivity contribution in [3.8, 4) is 0 Å². The molecule has 0 aromatic rings. The minimum Gasteiger partial charge on any atom is -0.316 e. The van der Waals surface area contributed by atoms with E-state index >= 15 is 0 Å². The number of hydrogen-bond donors (Lipinski definition) is 1. The quantitative estimate of drug-likeness (QED) is 0.589. The maximum absolute atomic E-state index is 3.32. The maximum Gasteiger partial charge on any atom is 0.0152 e. The van der Waals surface area contributed by atoms with Gasteiger partial charge in [-0.3, -0.25) is 0 Å². The third-order valence-electron chi connectivity index (χ3n) is 2.11. The van der Waals surface area contributed by atoms with Gasteiger partial charge in [-0.15, -0.1) is 0 Å². The fourth-order valence-corrected chi connectivity index (χ4v) is 2.35. The molecule has 0 amide bonds. The molecule has 0 aromatic carbocycles. The first-order valence-corrected chi connectivity index (χ1v) is 6.25. The van der Waals surface area contributed by atoms with Crippen LogP contribution in [0.4, 0.5) is 0 Å². The van der Waals surface area contributed by atoms with E-state index in [1.54, 1.807) is 0 Å². The standard InChI is InChI=1S/C10H23NS/c1-4-6-7-8-12-9-10(5-2)11-3/h10-11H,4-9H2,1-3H3. The van der Waals surface area contributed by atoms with Gasteiger partial charge in [-0.05, 0) is 25.6 Å². The van der Waals surface area contributed by atoms with Crippen molar-refractivity contribution < 1.29 is 0 Å². The molecule has 0 radical (unpaired) electrons. The number of hydrogen-bond acceptors (Lipinski definition) is 2. The first-order valence-electron chi connectivity index (χ1n) is 5.10. The maximum atomic E-state index is 3.32. The molecule has 1 N–H and O–H groups in total. The zero-order valence-corrected chi connectivity index (χ0v) is 9.54. The summed E-state index contributed by atoms with van der Waals surface area (Å²) >= 11 is 2.09. The van der Waals surface area contributed by atoms with E-state index in [2.05, 4.69) is 38.0 Å². The van der Waals surface area contributed by atoms with E-state index in [1.165, 1.54) is 37.2 Å². The summed E-state index contributed by atoms with van der Waals surface area (Å²) in [6, 6.07) is 0.719. The molecular formula is C10H23NS. The van der Waals surface area contributed by atoms with Gasteiger partial charge >= 0.3 is 0 Å². The predicted octanol–water partition coefficient (Wildman–Crippen LogP) is 2.91. The lowest BCUT2D eigenvalue weighted by molar-refractivity contribution is 0.601. The van der Waals surface area contributed by atoms with Crippen LogP contribution in [0, 0.1) is 0 Å². The second-order valence-corrected chi connectivity index (χ2v) is 4.33. The van der Waals surface area contributed by atoms with Crippen molar-refractivity contribution in [2.45, 2.75) is 45.6 Å². The van der Waals surface area contributed by atoms with Gasteiger partial charge in [0.05, 0.1) is 0 Å². The minimum absolute atomic E-state index is 0.719. The first-order chi connectivity index (χ1) is 5.85. The Labute approximate surface area is 81.7 Å². The Kier molecular flexibility index (Phi) is 9.64. The highest BCUT2D eigenvalue weighted by Crippen LogP contribution is 2.08. The van der Waals surface area contributed by atoms with Gasteiger partial charge in [0.2, 0.25) is 0 Å². The lowest BCUT2D eigenvalue weighted by atomic mass is 10.3. The molecule has 1 nitrogen and oxygen atoms in total. The second-order valence-electron chi connectivity index (χ2n) is 3.18. The van der Waals surface area contributed by atoms with Gasteiger partial charge in [0.15, 0.2) is 0 Å². The molecule has 74 valence electrons. The van der Waals surface area contributed by atoms with Crippen LogP contribution in [-0.2, 0) is 0 Å². The number of rotatable bonds is 8. The Morgan fingerprint density at radius 1 is 1.25 bits per heavy atom. The van der Waals surface area contributed by atoms with Gasteiger partial charge in [0.25, 0.3) is 0 Å². The van der Waals surface area contributed by atoms with Crippen molar-refractivity contribution in [2.75, 3.05) is 18.6 Å². The van der Waals surface area contributed by atoms with E-state index in [0.29, 0.717) is 0 Å². The molecule has 0 aromatic heterocycles. The van der Waals surface area contributed by atoms with Gasteiger partial charge in [0.1, 0.15) is 0 Å². The molecule has 0 aliphatic rings. The van der Waals surface area contributed by atoms with Gasteiger partial charge in [-0.1, -0.05) is 26.7 Å². The zero-order chi connectivity index (χ0) is 9.23. The Hall–Kier alpha value is 0.310. The second kappa shape index (κ2) is 9.40. The summed E-state index contributed by atoms with van der Waals surface area (Å²) in [7, 11) is 2.06. The van der Waals surface area contributed by atoms with Crippen molar-refractivity contribution in [2.24, 2.45) is 0 Å².